The van der Waals surface area contributed by atoms with Crippen molar-refractivity contribution in [2.24, 2.45) is 0 Å². The Morgan fingerprint density at radius 3 is 2.94 bits per heavy atom. The van der Waals surface area contributed by atoms with Gasteiger partial charge in [-0.05, 0) is 20.8 Å². The van der Waals surface area contributed by atoms with Crippen molar-refractivity contribution in [2.45, 2.75) is 38.9 Å². The smallest absolute Gasteiger partial charge is 0.193 e. The molecule has 0 saturated heterocycles. The van der Waals surface area contributed by atoms with Crippen LogP contribution in [0.5, 0.6) is 0 Å². The topological polar surface area (TPSA) is 29.3 Å². The minimum atomic E-state index is -0.890. The molecule has 5 heteroatoms. The van der Waals surface area contributed by atoms with Gasteiger partial charge in [0.1, 0.15) is 6.17 Å². The highest BCUT2D eigenvalue weighted by Gasteiger charge is 2.15. The molecule has 0 saturated carbocycles. The van der Waals surface area contributed by atoms with Gasteiger partial charge in [-0.15, -0.1) is 11.3 Å². The van der Waals surface area contributed by atoms with E-state index >= 15 is 0 Å². The molecule has 0 bridgehead atoms. The number of hydrogen-bond acceptors (Lipinski definition) is 3. The molecular weight excluding hydrogens is 237 g/mol. The molecule has 0 amide bonds. The van der Waals surface area contributed by atoms with Crippen LogP contribution in [0.4, 0.5) is 4.39 Å². The number of hydrogen-bond donors (Lipinski definition) is 1. The Morgan fingerprint density at radius 2 is 2.29 bits per heavy atom. The maximum absolute atomic E-state index is 13.7. The van der Waals surface area contributed by atoms with E-state index in [1.807, 2.05) is 42.9 Å². The largest absolute Gasteiger partial charge is 0.309 e. The van der Waals surface area contributed by atoms with Crippen molar-refractivity contribution in [2.75, 3.05) is 6.54 Å². The molecule has 0 aliphatic rings. The molecule has 0 aliphatic heterocycles. The number of alkyl halides is 1. The number of nitrogens with zero attached hydrogens (tertiary/aromatic N) is 2. The molecule has 3 nitrogen and oxygen atoms in total. The zero-order valence-corrected chi connectivity index (χ0v) is 11.2. The van der Waals surface area contributed by atoms with Gasteiger partial charge in [-0.3, -0.25) is 4.40 Å². The molecule has 0 fully saturated rings. The predicted octanol–water partition coefficient (Wildman–Crippen LogP) is 2.66. The number of rotatable bonds is 4. The summed E-state index contributed by atoms with van der Waals surface area (Å²) in [6.07, 6.45) is 3.32. The fourth-order valence-electron chi connectivity index (χ4n) is 1.59. The molecule has 2 aromatic rings. The van der Waals surface area contributed by atoms with Gasteiger partial charge in [0.15, 0.2) is 4.96 Å². The zero-order chi connectivity index (χ0) is 12.5. The molecule has 1 unspecified atom stereocenters. The average molecular weight is 255 g/mol. The van der Waals surface area contributed by atoms with Crippen LogP contribution in [0, 0.1) is 0 Å². The quantitative estimate of drug-likeness (QED) is 0.910. The van der Waals surface area contributed by atoms with Crippen LogP contribution in [-0.2, 0) is 6.42 Å². The van der Waals surface area contributed by atoms with Gasteiger partial charge in [0, 0.05) is 36.3 Å². The Labute approximate surface area is 105 Å². The Bertz CT molecular complexity index is 455. The molecule has 0 aromatic carbocycles. The van der Waals surface area contributed by atoms with Crippen molar-refractivity contribution in [3.63, 3.8) is 0 Å². The van der Waals surface area contributed by atoms with E-state index in [2.05, 4.69) is 10.3 Å². The second kappa shape index (κ2) is 4.74. The molecule has 1 atom stereocenters. The Hall–Kier alpha value is -0.940. The van der Waals surface area contributed by atoms with Crippen LogP contribution in [-0.4, -0.2) is 27.6 Å². The van der Waals surface area contributed by atoms with E-state index in [4.69, 9.17) is 0 Å². The molecule has 17 heavy (non-hydrogen) atoms. The molecule has 0 radical (unpaired) electrons. The van der Waals surface area contributed by atoms with E-state index < -0.39 is 6.17 Å². The highest BCUT2D eigenvalue weighted by Crippen LogP contribution is 2.13. The molecule has 0 aliphatic carbocycles. The second-order valence-corrected chi connectivity index (χ2v) is 6.13. The number of halogens is 1. The van der Waals surface area contributed by atoms with Crippen molar-refractivity contribution in [1.29, 1.82) is 0 Å². The van der Waals surface area contributed by atoms with Crippen LogP contribution in [0.15, 0.2) is 17.8 Å². The lowest BCUT2D eigenvalue weighted by molar-refractivity contribution is 0.283. The fraction of sp³-hybridized carbons (Fsp3) is 0.583. The Balaban J connectivity index is 1.90. The summed E-state index contributed by atoms with van der Waals surface area (Å²) in [5.41, 5.74) is 0.777. The monoisotopic (exact) mass is 255 g/mol. The third-order valence-corrected chi connectivity index (χ3v) is 3.20. The van der Waals surface area contributed by atoms with Crippen molar-refractivity contribution in [1.82, 2.24) is 14.7 Å². The van der Waals surface area contributed by atoms with Crippen LogP contribution in [0.3, 0.4) is 0 Å². The maximum Gasteiger partial charge on any atom is 0.193 e. The summed E-state index contributed by atoms with van der Waals surface area (Å²) in [6.45, 7) is 6.47. The normalized spacial score (nSPS) is 14.4. The molecule has 2 heterocycles. The summed E-state index contributed by atoms with van der Waals surface area (Å²) in [4.78, 5) is 5.30. The van der Waals surface area contributed by atoms with Crippen molar-refractivity contribution in [3.8, 4) is 0 Å². The van der Waals surface area contributed by atoms with Crippen molar-refractivity contribution in [3.05, 3.63) is 23.5 Å². The van der Waals surface area contributed by atoms with Gasteiger partial charge in [0.2, 0.25) is 0 Å². The van der Waals surface area contributed by atoms with E-state index in [1.54, 1.807) is 11.3 Å². The number of aromatic nitrogens is 2. The van der Waals surface area contributed by atoms with E-state index in [1.165, 1.54) is 0 Å². The number of fused-ring (bicyclic) bond motifs is 1. The van der Waals surface area contributed by atoms with Gasteiger partial charge in [-0.2, -0.15) is 0 Å². The van der Waals surface area contributed by atoms with Crippen LogP contribution >= 0.6 is 11.3 Å². The van der Waals surface area contributed by atoms with Crippen LogP contribution < -0.4 is 5.32 Å². The van der Waals surface area contributed by atoms with E-state index in [0.29, 0.717) is 13.0 Å². The summed E-state index contributed by atoms with van der Waals surface area (Å²) < 4.78 is 15.7. The second-order valence-electron chi connectivity index (χ2n) is 5.26. The summed E-state index contributed by atoms with van der Waals surface area (Å²) in [7, 11) is 0. The van der Waals surface area contributed by atoms with Gasteiger partial charge in [-0.25, -0.2) is 9.37 Å². The first-order valence-corrected chi connectivity index (χ1v) is 6.62. The van der Waals surface area contributed by atoms with Crippen LogP contribution in [0.1, 0.15) is 26.5 Å². The first-order valence-electron chi connectivity index (χ1n) is 5.74. The van der Waals surface area contributed by atoms with E-state index in [-0.39, 0.29) is 5.54 Å². The third-order valence-electron chi connectivity index (χ3n) is 2.43. The molecular formula is C12H18FN3S. The average Bonchev–Trinajstić information content (AvgIpc) is 2.73. The molecule has 94 valence electrons. The van der Waals surface area contributed by atoms with Crippen LogP contribution in [0.25, 0.3) is 4.96 Å². The molecule has 1 N–H and O–H groups in total. The van der Waals surface area contributed by atoms with E-state index in [0.717, 1.165) is 10.7 Å². The van der Waals surface area contributed by atoms with Crippen LogP contribution in [0.2, 0.25) is 0 Å². The standard InChI is InChI=1S/C12H18FN3S/c1-12(2,3)14-7-9(13)6-10-8-16-4-5-17-11(16)15-10/h4-5,8-9,14H,6-7H2,1-3H3. The van der Waals surface area contributed by atoms with Crippen molar-refractivity contribution >= 4 is 16.3 Å². The summed E-state index contributed by atoms with van der Waals surface area (Å²) in [5, 5.41) is 5.13. The highest BCUT2D eigenvalue weighted by molar-refractivity contribution is 7.15. The highest BCUT2D eigenvalue weighted by atomic mass is 32.1. The van der Waals surface area contributed by atoms with E-state index in [9.17, 15) is 4.39 Å². The lowest BCUT2D eigenvalue weighted by Crippen LogP contribution is -2.40. The minimum Gasteiger partial charge on any atom is -0.309 e. The molecule has 0 spiro atoms. The van der Waals surface area contributed by atoms with Gasteiger partial charge in [0.25, 0.3) is 0 Å². The number of thiazole rings is 1. The van der Waals surface area contributed by atoms with Gasteiger partial charge in [0.05, 0.1) is 5.69 Å². The fourth-order valence-corrected chi connectivity index (χ4v) is 2.31. The first-order chi connectivity index (χ1) is 7.94. The summed E-state index contributed by atoms with van der Waals surface area (Å²) in [5.74, 6) is 0. The minimum absolute atomic E-state index is 0.0428. The predicted molar refractivity (Wildman–Crippen MR) is 69.4 cm³/mol. The van der Waals surface area contributed by atoms with Gasteiger partial charge < -0.3 is 5.32 Å². The molecule has 2 aromatic heterocycles. The lowest BCUT2D eigenvalue weighted by atomic mass is 10.1. The van der Waals surface area contributed by atoms with Crippen molar-refractivity contribution < 1.29 is 4.39 Å². The maximum atomic E-state index is 13.7. The Morgan fingerprint density at radius 1 is 1.53 bits per heavy atom. The lowest BCUT2D eigenvalue weighted by Gasteiger charge is -2.21. The SMILES string of the molecule is CC(C)(C)NCC(F)Cc1cn2ccsc2n1. The number of imidazole rings is 1. The third kappa shape index (κ3) is 3.51. The molecule has 2 rings (SSSR count). The summed E-state index contributed by atoms with van der Waals surface area (Å²) in [6, 6.07) is 0. The number of nitrogens with one attached hydrogen (secondary N) is 1. The van der Waals surface area contributed by atoms with Gasteiger partial charge in [-0.1, -0.05) is 0 Å². The summed E-state index contributed by atoms with van der Waals surface area (Å²) >= 11 is 1.57. The van der Waals surface area contributed by atoms with Gasteiger partial charge >= 0.3 is 0 Å². The zero-order valence-electron chi connectivity index (χ0n) is 10.4. The first kappa shape index (κ1) is 12.5. The Kier molecular flexibility index (Phi) is 3.49.